The number of carbonyl (C=O) groups is 1. The van der Waals surface area contributed by atoms with Crippen molar-refractivity contribution >= 4 is 33.0 Å². The Balaban J connectivity index is 2.13. The van der Waals surface area contributed by atoms with Crippen molar-refractivity contribution in [3.63, 3.8) is 0 Å². The number of thiophene rings is 1. The molecule has 1 aromatic carbocycles. The van der Waals surface area contributed by atoms with E-state index in [1.165, 1.54) is 11.3 Å². The lowest BCUT2D eigenvalue weighted by Crippen LogP contribution is -2.31. The largest absolute Gasteiger partial charge is 0.399 e. The van der Waals surface area contributed by atoms with Crippen LogP contribution in [0.5, 0.6) is 0 Å². The highest BCUT2D eigenvalue weighted by Crippen LogP contribution is 2.27. The Morgan fingerprint density at radius 3 is 3.00 bits per heavy atom. The van der Waals surface area contributed by atoms with Gasteiger partial charge in [0.05, 0.1) is 11.0 Å². The van der Waals surface area contributed by atoms with E-state index >= 15 is 0 Å². The van der Waals surface area contributed by atoms with Gasteiger partial charge in [-0.15, -0.1) is 11.3 Å². The van der Waals surface area contributed by atoms with Crippen LogP contribution in [0.15, 0.2) is 24.3 Å². The Bertz CT molecular complexity index is 565. The van der Waals surface area contributed by atoms with Gasteiger partial charge in [0, 0.05) is 16.9 Å². The lowest BCUT2D eigenvalue weighted by atomic mass is 10.2. The van der Waals surface area contributed by atoms with Crippen molar-refractivity contribution in [1.29, 1.82) is 0 Å². The highest BCUT2D eigenvalue weighted by molar-refractivity contribution is 7.20. The minimum absolute atomic E-state index is 0.151. The number of anilines is 1. The number of nitrogens with one attached hydrogen (secondary N) is 1. The van der Waals surface area contributed by atoms with Crippen molar-refractivity contribution in [2.45, 2.75) is 19.4 Å². The summed E-state index contributed by atoms with van der Waals surface area (Å²) in [5.74, 6) is -0.151. The molecule has 18 heavy (non-hydrogen) atoms. The molecular weight excluding hydrogens is 248 g/mol. The van der Waals surface area contributed by atoms with E-state index in [1.54, 1.807) is 0 Å². The van der Waals surface area contributed by atoms with Crippen molar-refractivity contribution in [3.8, 4) is 0 Å². The van der Waals surface area contributed by atoms with Crippen LogP contribution in [-0.2, 0) is 0 Å². The van der Waals surface area contributed by atoms with Gasteiger partial charge in [-0.25, -0.2) is 0 Å². The number of benzene rings is 1. The third-order valence-electron chi connectivity index (χ3n) is 2.73. The van der Waals surface area contributed by atoms with Crippen LogP contribution >= 0.6 is 11.3 Å². The number of nitrogens with two attached hydrogens (primary N) is 1. The second-order valence-electron chi connectivity index (χ2n) is 4.18. The predicted octanol–water partition coefficient (Wildman–Crippen LogP) is 1.98. The van der Waals surface area contributed by atoms with Gasteiger partial charge in [-0.3, -0.25) is 4.79 Å². The number of amides is 1. The van der Waals surface area contributed by atoms with E-state index in [0.717, 1.165) is 10.1 Å². The number of hydrogen-bond acceptors (Lipinski definition) is 4. The quantitative estimate of drug-likeness (QED) is 0.739. The van der Waals surface area contributed by atoms with Crippen molar-refractivity contribution in [2.75, 3.05) is 12.3 Å². The number of hydrogen-bond donors (Lipinski definition) is 3. The fourth-order valence-electron chi connectivity index (χ4n) is 1.62. The first kappa shape index (κ1) is 12.9. The molecule has 0 aliphatic carbocycles. The Kier molecular flexibility index (Phi) is 3.84. The van der Waals surface area contributed by atoms with Crippen LogP contribution in [0.4, 0.5) is 5.69 Å². The molecule has 0 bridgehead atoms. The molecule has 0 fully saturated rings. The van der Waals surface area contributed by atoms with Crippen LogP contribution in [0.25, 0.3) is 10.1 Å². The molecule has 5 heteroatoms. The van der Waals surface area contributed by atoms with E-state index in [9.17, 15) is 9.90 Å². The summed E-state index contributed by atoms with van der Waals surface area (Å²) in [4.78, 5) is 12.5. The third-order valence-corrected chi connectivity index (χ3v) is 3.85. The molecule has 1 atom stereocenters. The molecule has 0 spiro atoms. The van der Waals surface area contributed by atoms with E-state index in [0.29, 0.717) is 17.0 Å². The average molecular weight is 264 g/mol. The maximum absolute atomic E-state index is 11.9. The van der Waals surface area contributed by atoms with Crippen LogP contribution in [0.2, 0.25) is 0 Å². The van der Waals surface area contributed by atoms with E-state index in [2.05, 4.69) is 5.32 Å². The van der Waals surface area contributed by atoms with Gasteiger partial charge < -0.3 is 16.2 Å². The highest BCUT2D eigenvalue weighted by Gasteiger charge is 2.11. The number of nitrogen functional groups attached to an aromatic ring is 1. The molecular formula is C13H16N2O2S. The Labute approximate surface area is 109 Å². The summed E-state index contributed by atoms with van der Waals surface area (Å²) in [7, 11) is 0. The van der Waals surface area contributed by atoms with Gasteiger partial charge in [-0.05, 0) is 36.1 Å². The highest BCUT2D eigenvalue weighted by atomic mass is 32.1. The van der Waals surface area contributed by atoms with Gasteiger partial charge in [-0.1, -0.05) is 6.92 Å². The van der Waals surface area contributed by atoms with Crippen LogP contribution in [0, 0.1) is 0 Å². The van der Waals surface area contributed by atoms with E-state index in [4.69, 9.17) is 5.73 Å². The molecule has 4 N–H and O–H groups in total. The average Bonchev–Trinajstić information content (AvgIpc) is 2.78. The minimum Gasteiger partial charge on any atom is -0.399 e. The zero-order valence-corrected chi connectivity index (χ0v) is 11.0. The molecule has 0 aliphatic heterocycles. The van der Waals surface area contributed by atoms with Crippen LogP contribution in [0.1, 0.15) is 23.0 Å². The van der Waals surface area contributed by atoms with Gasteiger partial charge >= 0.3 is 0 Å². The van der Waals surface area contributed by atoms with Gasteiger partial charge in [-0.2, -0.15) is 0 Å². The standard InChI is InChI=1S/C13H16N2O2S/c1-2-10(16)7-15-13(17)12-6-8-5-9(14)3-4-11(8)18-12/h3-6,10,16H,2,7,14H2,1H3,(H,15,17). The number of rotatable bonds is 4. The first-order valence-corrected chi connectivity index (χ1v) is 6.67. The molecule has 0 aliphatic rings. The molecule has 0 saturated heterocycles. The minimum atomic E-state index is -0.487. The molecule has 0 saturated carbocycles. The SMILES string of the molecule is CCC(O)CNC(=O)c1cc2cc(N)ccc2s1. The molecule has 0 radical (unpaired) electrons. The summed E-state index contributed by atoms with van der Waals surface area (Å²) in [5.41, 5.74) is 6.39. The zero-order chi connectivity index (χ0) is 13.1. The van der Waals surface area contributed by atoms with Gasteiger partial charge in [0.25, 0.3) is 5.91 Å². The van der Waals surface area contributed by atoms with Crippen LogP contribution in [-0.4, -0.2) is 23.7 Å². The molecule has 1 heterocycles. The Hall–Kier alpha value is -1.59. The van der Waals surface area contributed by atoms with Crippen molar-refractivity contribution in [2.24, 2.45) is 0 Å². The molecule has 2 aromatic rings. The Morgan fingerprint density at radius 1 is 1.50 bits per heavy atom. The van der Waals surface area contributed by atoms with E-state index < -0.39 is 6.10 Å². The van der Waals surface area contributed by atoms with Crippen molar-refractivity contribution in [1.82, 2.24) is 5.32 Å². The fraction of sp³-hybridized carbons (Fsp3) is 0.308. The van der Waals surface area contributed by atoms with Gasteiger partial charge in [0.15, 0.2) is 0 Å². The van der Waals surface area contributed by atoms with E-state index in [-0.39, 0.29) is 12.5 Å². The molecule has 1 aromatic heterocycles. The first-order chi connectivity index (χ1) is 8.60. The van der Waals surface area contributed by atoms with Crippen LogP contribution in [0.3, 0.4) is 0 Å². The monoisotopic (exact) mass is 264 g/mol. The summed E-state index contributed by atoms with van der Waals surface area (Å²) in [6.45, 7) is 2.16. The van der Waals surface area contributed by atoms with Gasteiger partial charge in [0.1, 0.15) is 0 Å². The zero-order valence-electron chi connectivity index (χ0n) is 10.1. The predicted molar refractivity (Wildman–Crippen MR) is 74.9 cm³/mol. The van der Waals surface area contributed by atoms with Crippen molar-refractivity contribution in [3.05, 3.63) is 29.1 Å². The maximum Gasteiger partial charge on any atom is 0.261 e. The van der Waals surface area contributed by atoms with Gasteiger partial charge in [0.2, 0.25) is 0 Å². The summed E-state index contributed by atoms with van der Waals surface area (Å²) >= 11 is 1.42. The smallest absolute Gasteiger partial charge is 0.261 e. The van der Waals surface area contributed by atoms with E-state index in [1.807, 2.05) is 31.2 Å². The lowest BCUT2D eigenvalue weighted by molar-refractivity contribution is 0.0918. The molecule has 1 amide bonds. The molecule has 96 valence electrons. The number of aliphatic hydroxyl groups excluding tert-OH is 1. The summed E-state index contributed by atoms with van der Waals surface area (Å²) < 4.78 is 1.03. The topological polar surface area (TPSA) is 75.3 Å². The summed E-state index contributed by atoms with van der Waals surface area (Å²) in [6, 6.07) is 7.40. The lowest BCUT2D eigenvalue weighted by Gasteiger charge is -2.07. The second-order valence-corrected chi connectivity index (χ2v) is 5.26. The fourth-order valence-corrected chi connectivity index (χ4v) is 2.58. The number of carbonyl (C=O) groups excluding carboxylic acids is 1. The number of aliphatic hydroxyl groups is 1. The third kappa shape index (κ3) is 2.80. The Morgan fingerprint density at radius 2 is 2.28 bits per heavy atom. The van der Waals surface area contributed by atoms with Crippen LogP contribution < -0.4 is 11.1 Å². The normalized spacial score (nSPS) is 12.6. The number of fused-ring (bicyclic) bond motifs is 1. The summed E-state index contributed by atoms with van der Waals surface area (Å²) in [6.07, 6.45) is 0.141. The molecule has 2 rings (SSSR count). The second kappa shape index (κ2) is 5.37. The first-order valence-electron chi connectivity index (χ1n) is 5.85. The van der Waals surface area contributed by atoms with Crippen molar-refractivity contribution < 1.29 is 9.90 Å². The molecule has 4 nitrogen and oxygen atoms in total. The summed E-state index contributed by atoms with van der Waals surface area (Å²) in [5, 5.41) is 13.1. The maximum atomic E-state index is 11.9. The molecule has 1 unspecified atom stereocenters.